The minimum atomic E-state index is -0.740. The second-order valence-corrected chi connectivity index (χ2v) is 25.5. The van der Waals surface area contributed by atoms with E-state index in [9.17, 15) is 0 Å². The Kier molecular flexibility index (Phi) is 14.5. The minimum Gasteiger partial charge on any atom is -0.260 e. The molecule has 3 heteroatoms. The van der Waals surface area contributed by atoms with E-state index in [2.05, 4.69) is 218 Å². The van der Waals surface area contributed by atoms with E-state index in [0.717, 1.165) is 55.9 Å². The number of fused-ring (bicyclic) bond motifs is 6. The van der Waals surface area contributed by atoms with Crippen LogP contribution < -0.4 is 0 Å². The van der Waals surface area contributed by atoms with Gasteiger partial charge in [-0.15, -0.1) is 76.4 Å². The van der Waals surface area contributed by atoms with Crippen LogP contribution in [0.15, 0.2) is 219 Å². The molecule has 0 unspecified atom stereocenters. The topological polar surface area (TPSA) is 25.8 Å². The van der Waals surface area contributed by atoms with Crippen LogP contribution in [-0.2, 0) is 31.9 Å². The Bertz CT molecular complexity index is 3700. The molecule has 2 nitrogen and oxygen atoms in total. The van der Waals surface area contributed by atoms with Crippen molar-refractivity contribution in [2.24, 2.45) is 0 Å². The number of hydrogen-bond acceptors (Lipinski definition) is 2. The van der Waals surface area contributed by atoms with Crippen molar-refractivity contribution in [3.05, 3.63) is 320 Å². The first kappa shape index (κ1) is 54.2. The molecule has 0 bridgehead atoms. The fraction of sp³-hybridized carbons (Fsp3) is 0.268. The van der Waals surface area contributed by atoms with Gasteiger partial charge in [0.1, 0.15) is 0 Å². The van der Waals surface area contributed by atoms with Crippen LogP contribution in [0.5, 0.6) is 0 Å². The van der Waals surface area contributed by atoms with E-state index in [1.54, 1.807) is 0 Å². The number of benzene rings is 8. The summed E-state index contributed by atoms with van der Waals surface area (Å²) in [4.78, 5) is 10.9. The molecular formula is C82H72N2Pt. The Morgan fingerprint density at radius 2 is 0.635 bits per heavy atom. The fourth-order valence-electron chi connectivity index (χ4n) is 17.1. The molecule has 2 aromatic heterocycles. The molecule has 10 aromatic rings. The maximum absolute atomic E-state index is 5.47. The van der Waals surface area contributed by atoms with Gasteiger partial charge >= 0.3 is 21.1 Å². The van der Waals surface area contributed by atoms with Gasteiger partial charge < -0.3 is 0 Å². The largest absolute Gasteiger partial charge is 2.00 e. The van der Waals surface area contributed by atoms with Crippen molar-refractivity contribution in [2.75, 3.05) is 0 Å². The van der Waals surface area contributed by atoms with Crippen LogP contribution in [0.3, 0.4) is 0 Å². The maximum atomic E-state index is 5.47. The van der Waals surface area contributed by atoms with Crippen molar-refractivity contribution in [3.8, 4) is 22.3 Å². The normalized spacial score (nSPS) is 17.7. The van der Waals surface area contributed by atoms with Gasteiger partial charge in [0.15, 0.2) is 0 Å². The van der Waals surface area contributed by atoms with Crippen molar-refractivity contribution in [1.82, 2.24) is 9.97 Å². The van der Waals surface area contributed by atoms with Crippen molar-refractivity contribution >= 4 is 11.1 Å². The maximum Gasteiger partial charge on any atom is 2.00 e. The van der Waals surface area contributed by atoms with E-state index in [4.69, 9.17) is 9.97 Å². The molecule has 8 aromatic carbocycles. The first-order chi connectivity index (χ1) is 41.6. The summed E-state index contributed by atoms with van der Waals surface area (Å²) in [6, 6.07) is 88.3. The van der Waals surface area contributed by atoms with Gasteiger partial charge in [0, 0.05) is 12.4 Å². The summed E-state index contributed by atoms with van der Waals surface area (Å²) in [6.45, 7) is 0. The van der Waals surface area contributed by atoms with Gasteiger partial charge in [-0.3, -0.25) is 9.97 Å². The van der Waals surface area contributed by atoms with Crippen molar-refractivity contribution in [3.63, 3.8) is 0 Å². The summed E-state index contributed by atoms with van der Waals surface area (Å²) in [7, 11) is 0. The monoisotopic (exact) mass is 1280 g/mol. The van der Waals surface area contributed by atoms with Gasteiger partial charge in [-0.2, -0.15) is 0 Å². The average molecular weight is 1280 g/mol. The number of aromatic nitrogens is 2. The van der Waals surface area contributed by atoms with E-state index >= 15 is 0 Å². The number of nitrogens with zero attached hydrogens (tertiary/aromatic N) is 2. The number of rotatable bonds is 12. The first-order valence-electron chi connectivity index (χ1n) is 32.0. The van der Waals surface area contributed by atoms with Crippen molar-refractivity contribution in [1.29, 1.82) is 0 Å². The van der Waals surface area contributed by atoms with Crippen molar-refractivity contribution < 1.29 is 21.1 Å². The Labute approximate surface area is 518 Å². The van der Waals surface area contributed by atoms with E-state index < -0.39 is 10.8 Å². The molecule has 16 rings (SSSR count). The molecule has 4 fully saturated rings. The summed E-state index contributed by atoms with van der Waals surface area (Å²) in [5.74, 6) is 2.22. The van der Waals surface area contributed by atoms with Crippen LogP contribution in [-0.4, -0.2) is 9.97 Å². The smallest absolute Gasteiger partial charge is 0.260 e. The quantitative estimate of drug-likeness (QED) is 0.0900. The van der Waals surface area contributed by atoms with Crippen LogP contribution in [0.1, 0.15) is 216 Å². The molecule has 0 aliphatic heterocycles. The molecule has 0 N–H and O–H groups in total. The molecule has 0 amide bonds. The molecule has 4 saturated carbocycles. The second kappa shape index (κ2) is 22.7. The SMILES string of the molecule is [Pt+2].[c-]1c(C(=C(c2ccccc2)c2ccccc2)c2[c-]c(C3(c4ccccn4)c4cc(C5CCCC5)ccc4-c4ccc(C5CCCC5)cc43)ccc2)cccc1C1(c2ccccn2)c2cc(C3CCCC3)ccc2-c2ccc(C3CCCC3)cc21. The number of pyridine rings is 2. The molecular weight excluding hydrogens is 1210 g/mol. The van der Waals surface area contributed by atoms with E-state index in [0.29, 0.717) is 23.7 Å². The third-order valence-electron chi connectivity index (χ3n) is 21.1. The first-order valence-corrected chi connectivity index (χ1v) is 32.0. The molecule has 6 aliphatic carbocycles. The molecule has 420 valence electrons. The summed E-state index contributed by atoms with van der Waals surface area (Å²) >= 11 is 0. The van der Waals surface area contributed by atoms with E-state index in [1.165, 1.54) is 169 Å². The molecule has 0 radical (unpaired) electrons. The molecule has 0 saturated heterocycles. The third kappa shape index (κ3) is 9.06. The van der Waals surface area contributed by atoms with Gasteiger partial charge in [0.05, 0.1) is 22.2 Å². The predicted molar refractivity (Wildman–Crippen MR) is 343 cm³/mol. The standard InChI is InChI=1S/C82H72N2.Pt/c1-3-29-59(30-4-1)79(60-31-5-2-6-32-60)80(65-33-19-35-67(49-65)81(77-37-15-17-47-83-77)73-51-61(55-21-7-8-22-55)39-43-69(73)70-44-40-62(52-74(70)81)56-23-9-10-24-56)66-34-20-36-68(50-66)82(78-38-16-18-48-84-78)75-53-63(57-25-11-12-26-57)41-45-71(75)72-46-42-64(54-76(72)82)58-27-13-14-28-58;/h1-6,15-20,29-48,51-58H,7-14,21-28H2;/q-2;+2. The van der Waals surface area contributed by atoms with Gasteiger partial charge in [-0.25, -0.2) is 0 Å². The predicted octanol–water partition coefficient (Wildman–Crippen LogP) is 20.4. The summed E-state index contributed by atoms with van der Waals surface area (Å²) in [5, 5.41) is 0. The molecule has 85 heavy (non-hydrogen) atoms. The molecule has 0 atom stereocenters. The van der Waals surface area contributed by atoms with Gasteiger partial charge in [-0.05, 0) is 183 Å². The van der Waals surface area contributed by atoms with Gasteiger partial charge in [-0.1, -0.05) is 197 Å². The van der Waals surface area contributed by atoms with Crippen LogP contribution in [0.2, 0.25) is 0 Å². The summed E-state index contributed by atoms with van der Waals surface area (Å²) in [6.07, 6.45) is 24.3. The minimum absolute atomic E-state index is 0. The van der Waals surface area contributed by atoms with Crippen LogP contribution >= 0.6 is 0 Å². The molecule has 6 aliphatic rings. The van der Waals surface area contributed by atoms with Crippen LogP contribution in [0.4, 0.5) is 0 Å². The Hall–Kier alpha value is -7.51. The zero-order valence-electron chi connectivity index (χ0n) is 48.6. The van der Waals surface area contributed by atoms with Crippen LogP contribution in [0.25, 0.3) is 33.4 Å². The van der Waals surface area contributed by atoms with Gasteiger partial charge in [0.2, 0.25) is 0 Å². The Morgan fingerprint density at radius 1 is 0.318 bits per heavy atom. The molecule has 2 heterocycles. The average Bonchev–Trinajstić information content (AvgIpc) is 1.62. The molecule has 0 spiro atoms. The fourth-order valence-corrected chi connectivity index (χ4v) is 17.1. The Balaban J connectivity index is 0.00000613. The second-order valence-electron chi connectivity index (χ2n) is 25.5. The summed E-state index contributed by atoms with van der Waals surface area (Å²) < 4.78 is 0. The summed E-state index contributed by atoms with van der Waals surface area (Å²) in [5.41, 5.74) is 25.8. The van der Waals surface area contributed by atoms with Crippen molar-refractivity contribution in [2.45, 2.75) is 137 Å². The van der Waals surface area contributed by atoms with Crippen LogP contribution in [0, 0.1) is 12.1 Å². The van der Waals surface area contributed by atoms with E-state index in [1.807, 2.05) is 12.4 Å². The Morgan fingerprint density at radius 3 is 0.941 bits per heavy atom. The van der Waals surface area contributed by atoms with Gasteiger partial charge in [0.25, 0.3) is 0 Å². The van der Waals surface area contributed by atoms with E-state index in [-0.39, 0.29) is 21.1 Å². The third-order valence-corrected chi connectivity index (χ3v) is 21.1. The zero-order chi connectivity index (χ0) is 55.6. The number of hydrogen-bond donors (Lipinski definition) is 0. The zero-order valence-corrected chi connectivity index (χ0v) is 50.9.